The van der Waals surface area contributed by atoms with Gasteiger partial charge in [0.1, 0.15) is 30.2 Å². The lowest BCUT2D eigenvalue weighted by Crippen LogP contribution is -2.58. The van der Waals surface area contributed by atoms with Crippen LogP contribution in [0, 0.1) is 0 Å². The van der Waals surface area contributed by atoms with Crippen LogP contribution in [0.1, 0.15) is 22.8 Å². The Balaban J connectivity index is 1.88. The van der Waals surface area contributed by atoms with E-state index in [1.54, 1.807) is 25.3 Å². The third kappa shape index (κ3) is 4.61. The van der Waals surface area contributed by atoms with Gasteiger partial charge in [-0.15, -0.1) is 0 Å². The topological polar surface area (TPSA) is 99.5 Å². The number of aliphatic hydroxyl groups is 3. The van der Waals surface area contributed by atoms with Gasteiger partial charge in [-0.25, -0.2) is 0 Å². The van der Waals surface area contributed by atoms with E-state index < -0.39 is 36.4 Å². The molecule has 1 saturated heterocycles. The van der Waals surface area contributed by atoms with E-state index in [1.807, 2.05) is 24.3 Å². The summed E-state index contributed by atoms with van der Waals surface area (Å²) in [5, 5.41) is 31.6. The van der Waals surface area contributed by atoms with Gasteiger partial charge < -0.3 is 29.7 Å². The molecule has 2 aromatic rings. The number of ether oxygens (including phenoxy) is 2. The Bertz CT molecular complexity index is 888. The second kappa shape index (κ2) is 9.32. The first-order valence-electron chi connectivity index (χ1n) is 9.55. The quantitative estimate of drug-likeness (QED) is 0.659. The minimum atomic E-state index is -1.53. The Morgan fingerprint density at radius 1 is 1.07 bits per heavy atom. The third-order valence-electron chi connectivity index (χ3n) is 5.25. The first-order valence-corrected chi connectivity index (χ1v) is 9.92. The van der Waals surface area contributed by atoms with E-state index in [0.717, 1.165) is 16.9 Å². The van der Waals surface area contributed by atoms with Gasteiger partial charge in [0.2, 0.25) is 0 Å². The summed E-state index contributed by atoms with van der Waals surface area (Å²) in [5.41, 5.74) is 2.36. The summed E-state index contributed by atoms with van der Waals surface area (Å²) in [6.07, 6.45) is -6.21. The molecule has 8 heteroatoms. The minimum Gasteiger partial charge on any atom is -0.497 e. The fourth-order valence-electron chi connectivity index (χ4n) is 3.48. The van der Waals surface area contributed by atoms with Crippen molar-refractivity contribution in [3.8, 4) is 5.75 Å². The van der Waals surface area contributed by atoms with E-state index in [0.29, 0.717) is 17.0 Å². The van der Waals surface area contributed by atoms with Crippen LogP contribution in [0.25, 0.3) is 0 Å². The average molecular weight is 436 g/mol. The number of carbonyl (C=O) groups is 1. The van der Waals surface area contributed by atoms with Crippen molar-refractivity contribution in [2.24, 2.45) is 0 Å². The fraction of sp³-hybridized carbons (Fsp3) is 0.409. The number of hydrogen-bond donors (Lipinski definition) is 3. The van der Waals surface area contributed by atoms with Crippen molar-refractivity contribution < 1.29 is 29.6 Å². The third-order valence-corrected chi connectivity index (χ3v) is 5.62. The predicted molar refractivity (Wildman–Crippen MR) is 112 cm³/mol. The zero-order valence-corrected chi connectivity index (χ0v) is 17.8. The standard InChI is InChI=1S/C22H26ClNO6/c1-24(2)22(28)21-19(27)17(25)18(26)20(30-21)13-6-9-16(23)14(11-13)10-12-4-7-15(29-3)8-5-12/h4-9,11,17-21,25-27H,10H2,1-3H3/t17-,18-,19+,20+,21+/m1/s1. The molecule has 7 nitrogen and oxygen atoms in total. The van der Waals surface area contributed by atoms with Gasteiger partial charge in [-0.2, -0.15) is 0 Å². The van der Waals surface area contributed by atoms with Crippen LogP contribution in [-0.4, -0.2) is 71.7 Å². The van der Waals surface area contributed by atoms with Crippen LogP contribution in [0.4, 0.5) is 0 Å². The van der Waals surface area contributed by atoms with E-state index in [-0.39, 0.29) is 0 Å². The first kappa shape index (κ1) is 22.5. The highest BCUT2D eigenvalue weighted by atomic mass is 35.5. The van der Waals surface area contributed by atoms with Crippen LogP contribution in [0.15, 0.2) is 42.5 Å². The summed E-state index contributed by atoms with van der Waals surface area (Å²) in [6.45, 7) is 0. The molecule has 162 valence electrons. The number of hydrogen-bond acceptors (Lipinski definition) is 6. The van der Waals surface area contributed by atoms with Crippen LogP contribution in [0.5, 0.6) is 5.75 Å². The summed E-state index contributed by atoms with van der Waals surface area (Å²) in [5.74, 6) is 0.257. The molecule has 0 spiro atoms. The SMILES string of the molecule is COc1ccc(Cc2cc([C@@H]3O[C@H](C(=O)N(C)C)[C@@H](O)[C@H](O)[C@H]3O)ccc2Cl)cc1. The van der Waals surface area contributed by atoms with E-state index in [2.05, 4.69) is 0 Å². The summed E-state index contributed by atoms with van der Waals surface area (Å²) in [7, 11) is 4.66. The Kier molecular flexibility index (Phi) is 7.00. The lowest BCUT2D eigenvalue weighted by molar-refractivity contribution is -0.226. The maximum Gasteiger partial charge on any atom is 0.254 e. The zero-order chi connectivity index (χ0) is 22.0. The van der Waals surface area contributed by atoms with Crippen LogP contribution in [0.3, 0.4) is 0 Å². The van der Waals surface area contributed by atoms with Gasteiger partial charge in [-0.1, -0.05) is 35.9 Å². The van der Waals surface area contributed by atoms with E-state index in [4.69, 9.17) is 21.1 Å². The molecule has 0 aromatic heterocycles. The normalized spacial score (nSPS) is 26.3. The number of nitrogens with zero attached hydrogens (tertiary/aromatic N) is 1. The Morgan fingerprint density at radius 2 is 1.73 bits per heavy atom. The minimum absolute atomic E-state index is 0.495. The molecule has 0 bridgehead atoms. The summed E-state index contributed by atoms with van der Waals surface area (Å²) < 4.78 is 10.9. The molecule has 0 unspecified atom stereocenters. The molecule has 3 N–H and O–H groups in total. The van der Waals surface area contributed by atoms with E-state index >= 15 is 0 Å². The molecule has 1 heterocycles. The molecule has 0 radical (unpaired) electrons. The smallest absolute Gasteiger partial charge is 0.254 e. The van der Waals surface area contributed by atoms with Crippen molar-refractivity contribution in [1.82, 2.24) is 4.90 Å². The van der Waals surface area contributed by atoms with Crippen LogP contribution in [0.2, 0.25) is 5.02 Å². The molecule has 1 aliphatic heterocycles. The summed E-state index contributed by atoms with van der Waals surface area (Å²) in [4.78, 5) is 13.6. The monoisotopic (exact) mass is 435 g/mol. The van der Waals surface area contributed by atoms with Gasteiger partial charge >= 0.3 is 0 Å². The molecular weight excluding hydrogens is 410 g/mol. The number of halogens is 1. The van der Waals surface area contributed by atoms with Crippen molar-refractivity contribution in [2.45, 2.75) is 36.9 Å². The van der Waals surface area contributed by atoms with Gasteiger partial charge in [0, 0.05) is 19.1 Å². The van der Waals surface area contributed by atoms with Crippen molar-refractivity contribution in [3.63, 3.8) is 0 Å². The molecular formula is C22H26ClNO6. The largest absolute Gasteiger partial charge is 0.497 e. The predicted octanol–water partition coefficient (Wildman–Crippen LogP) is 1.55. The van der Waals surface area contributed by atoms with Gasteiger partial charge in [-0.05, 0) is 41.3 Å². The lowest BCUT2D eigenvalue weighted by Gasteiger charge is -2.41. The molecule has 5 atom stereocenters. The van der Waals surface area contributed by atoms with Gasteiger partial charge in [0.25, 0.3) is 5.91 Å². The first-order chi connectivity index (χ1) is 14.2. The number of carbonyl (C=O) groups excluding carboxylic acids is 1. The Hall–Kier alpha value is -2.16. The molecule has 3 rings (SSSR count). The van der Waals surface area contributed by atoms with Crippen molar-refractivity contribution in [2.75, 3.05) is 21.2 Å². The van der Waals surface area contributed by atoms with Crippen molar-refractivity contribution >= 4 is 17.5 Å². The molecule has 1 fully saturated rings. The number of benzene rings is 2. The highest BCUT2D eigenvalue weighted by Crippen LogP contribution is 2.35. The van der Waals surface area contributed by atoms with Crippen LogP contribution in [-0.2, 0) is 16.0 Å². The van der Waals surface area contributed by atoms with Crippen LogP contribution >= 0.6 is 11.6 Å². The highest BCUT2D eigenvalue weighted by molar-refractivity contribution is 6.31. The molecule has 2 aromatic carbocycles. The Labute approximate surface area is 180 Å². The second-order valence-electron chi connectivity index (χ2n) is 7.56. The second-order valence-corrected chi connectivity index (χ2v) is 7.96. The maximum absolute atomic E-state index is 12.4. The summed E-state index contributed by atoms with van der Waals surface area (Å²) >= 11 is 6.37. The molecule has 30 heavy (non-hydrogen) atoms. The number of aliphatic hydroxyl groups excluding tert-OH is 3. The maximum atomic E-state index is 12.4. The van der Waals surface area contributed by atoms with Gasteiger partial charge in [0.05, 0.1) is 7.11 Å². The number of rotatable bonds is 5. The summed E-state index contributed by atoms with van der Waals surface area (Å²) in [6, 6.07) is 12.7. The van der Waals surface area contributed by atoms with Gasteiger partial charge in [-0.3, -0.25) is 4.79 Å². The number of amides is 1. The molecule has 1 amide bonds. The average Bonchev–Trinajstić information content (AvgIpc) is 2.74. The zero-order valence-electron chi connectivity index (χ0n) is 17.0. The lowest BCUT2D eigenvalue weighted by atomic mass is 9.89. The Morgan fingerprint density at radius 3 is 2.33 bits per heavy atom. The fourth-order valence-corrected chi connectivity index (χ4v) is 3.67. The van der Waals surface area contributed by atoms with Gasteiger partial charge in [0.15, 0.2) is 6.10 Å². The van der Waals surface area contributed by atoms with Crippen molar-refractivity contribution in [3.05, 3.63) is 64.2 Å². The molecule has 1 aliphatic rings. The van der Waals surface area contributed by atoms with E-state index in [9.17, 15) is 20.1 Å². The molecule has 0 saturated carbocycles. The highest BCUT2D eigenvalue weighted by Gasteiger charge is 2.47. The number of likely N-dealkylation sites (N-methyl/N-ethyl adjacent to an activating group) is 1. The number of methoxy groups -OCH3 is 1. The van der Waals surface area contributed by atoms with Crippen LogP contribution < -0.4 is 4.74 Å². The van der Waals surface area contributed by atoms with Crippen molar-refractivity contribution in [1.29, 1.82) is 0 Å². The van der Waals surface area contributed by atoms with E-state index in [1.165, 1.54) is 19.0 Å². The molecule has 0 aliphatic carbocycles.